The third kappa shape index (κ3) is 3.34. The Hall–Kier alpha value is -2.55. The molecule has 0 aromatic heterocycles. The van der Waals surface area contributed by atoms with Crippen LogP contribution < -0.4 is 4.74 Å². The number of methoxy groups -OCH3 is 1. The van der Waals surface area contributed by atoms with Crippen molar-refractivity contribution >= 4 is 17.6 Å². The maximum atomic E-state index is 11.1. The summed E-state index contributed by atoms with van der Waals surface area (Å²) in [6.45, 7) is 2.10. The molecule has 6 rings (SSSR count). The summed E-state index contributed by atoms with van der Waals surface area (Å²) in [4.78, 5) is 11.1. The number of benzene rings is 2. The highest BCUT2D eigenvalue weighted by molar-refractivity contribution is 5.88. The molecule has 0 heterocycles. The van der Waals surface area contributed by atoms with E-state index in [0.29, 0.717) is 11.0 Å². The van der Waals surface area contributed by atoms with Crippen LogP contribution in [-0.4, -0.2) is 18.2 Å². The van der Waals surface area contributed by atoms with Crippen molar-refractivity contribution in [2.24, 2.45) is 17.8 Å². The summed E-state index contributed by atoms with van der Waals surface area (Å²) in [5, 5.41) is 9.08. The maximum Gasteiger partial charge on any atom is 0.335 e. The quantitative estimate of drug-likeness (QED) is 0.587. The smallest absolute Gasteiger partial charge is 0.335 e. The maximum absolute atomic E-state index is 11.1. The van der Waals surface area contributed by atoms with E-state index in [1.165, 1.54) is 44.1 Å². The highest BCUT2D eigenvalue weighted by Crippen LogP contribution is 2.61. The molecule has 0 radical (unpaired) electrons. The first-order chi connectivity index (χ1) is 14.5. The Morgan fingerprint density at radius 3 is 2.07 bits per heavy atom. The summed E-state index contributed by atoms with van der Waals surface area (Å²) in [6.07, 6.45) is 10.4. The van der Waals surface area contributed by atoms with Crippen molar-refractivity contribution in [2.45, 2.75) is 50.9 Å². The Kier molecular flexibility index (Phi) is 4.72. The second-order valence-corrected chi connectivity index (χ2v) is 9.87. The Balaban J connectivity index is 1.45. The van der Waals surface area contributed by atoms with Crippen molar-refractivity contribution in [1.82, 2.24) is 0 Å². The van der Waals surface area contributed by atoms with E-state index in [1.807, 2.05) is 12.1 Å². The van der Waals surface area contributed by atoms with Crippen LogP contribution in [0.2, 0.25) is 0 Å². The molecule has 156 valence electrons. The number of carboxylic acid groups (broad SMARTS) is 1. The lowest BCUT2D eigenvalue weighted by atomic mass is 9.48. The van der Waals surface area contributed by atoms with Crippen LogP contribution in [0.15, 0.2) is 42.5 Å². The second kappa shape index (κ2) is 7.30. The molecule has 4 aliphatic rings. The van der Waals surface area contributed by atoms with E-state index in [-0.39, 0.29) is 0 Å². The molecule has 0 spiro atoms. The fourth-order valence-corrected chi connectivity index (χ4v) is 6.87. The van der Waals surface area contributed by atoms with Gasteiger partial charge in [-0.25, -0.2) is 4.79 Å². The summed E-state index contributed by atoms with van der Waals surface area (Å²) in [6, 6.07) is 13.8. The lowest BCUT2D eigenvalue weighted by Gasteiger charge is -2.57. The van der Waals surface area contributed by atoms with Gasteiger partial charge >= 0.3 is 5.97 Å². The molecule has 0 unspecified atom stereocenters. The fourth-order valence-electron chi connectivity index (χ4n) is 6.87. The Morgan fingerprint density at radius 2 is 1.53 bits per heavy atom. The third-order valence-corrected chi connectivity index (χ3v) is 7.81. The number of allylic oxidation sites excluding steroid dienone is 1. The largest absolute Gasteiger partial charge is 0.496 e. The van der Waals surface area contributed by atoms with E-state index in [1.54, 1.807) is 19.2 Å². The third-order valence-electron chi connectivity index (χ3n) is 7.81. The first-order valence-corrected chi connectivity index (χ1v) is 11.2. The zero-order chi connectivity index (χ0) is 20.9. The van der Waals surface area contributed by atoms with Crippen LogP contribution in [0, 0.1) is 17.8 Å². The van der Waals surface area contributed by atoms with Crippen molar-refractivity contribution in [3.63, 3.8) is 0 Å². The van der Waals surface area contributed by atoms with Gasteiger partial charge in [-0.15, -0.1) is 0 Å². The van der Waals surface area contributed by atoms with Gasteiger partial charge in [-0.2, -0.15) is 0 Å². The molecular weight excluding hydrogens is 372 g/mol. The summed E-state index contributed by atoms with van der Waals surface area (Å²) in [5.74, 6) is 2.87. The van der Waals surface area contributed by atoms with Gasteiger partial charge in [0.1, 0.15) is 5.75 Å². The second-order valence-electron chi connectivity index (χ2n) is 9.87. The highest BCUT2D eigenvalue weighted by atomic mass is 16.5. The Bertz CT molecular complexity index is 964. The predicted molar refractivity (Wildman–Crippen MR) is 120 cm³/mol. The first-order valence-electron chi connectivity index (χ1n) is 11.2. The minimum atomic E-state index is -0.896. The molecule has 3 nitrogen and oxygen atoms in total. The van der Waals surface area contributed by atoms with Crippen LogP contribution in [0.3, 0.4) is 0 Å². The highest BCUT2D eigenvalue weighted by Gasteiger charge is 2.52. The van der Waals surface area contributed by atoms with E-state index in [4.69, 9.17) is 9.84 Å². The molecule has 0 atom stereocenters. The lowest BCUT2D eigenvalue weighted by Crippen LogP contribution is -2.48. The standard InChI is InChI=1S/C27H30O3/c1-17(9-18-3-5-22(6-4-18)26(28)29)23-7-8-24(25(13-23)30-2)27-14-19-10-20(15-27)12-21(11-19)16-27/h3-9,13,19-21H,10-12,14-16H2,1-2H3,(H,28,29). The van der Waals surface area contributed by atoms with E-state index < -0.39 is 5.97 Å². The number of aromatic carboxylic acids is 1. The molecule has 30 heavy (non-hydrogen) atoms. The predicted octanol–water partition coefficient (Wildman–Crippen LogP) is 6.42. The molecule has 3 heteroatoms. The zero-order valence-corrected chi connectivity index (χ0v) is 17.9. The van der Waals surface area contributed by atoms with Crippen molar-refractivity contribution in [3.8, 4) is 5.75 Å². The van der Waals surface area contributed by atoms with E-state index in [0.717, 1.165) is 40.2 Å². The van der Waals surface area contributed by atoms with E-state index in [2.05, 4.69) is 31.2 Å². The average Bonchev–Trinajstić information content (AvgIpc) is 2.72. The zero-order valence-electron chi connectivity index (χ0n) is 17.9. The number of carbonyl (C=O) groups is 1. The van der Waals surface area contributed by atoms with Gasteiger partial charge in [0.05, 0.1) is 12.7 Å². The van der Waals surface area contributed by atoms with Gasteiger partial charge in [-0.05, 0) is 104 Å². The van der Waals surface area contributed by atoms with Gasteiger partial charge in [0.25, 0.3) is 0 Å². The normalized spacial score (nSPS) is 29.8. The van der Waals surface area contributed by atoms with Gasteiger partial charge in [-0.3, -0.25) is 0 Å². The van der Waals surface area contributed by atoms with E-state index in [9.17, 15) is 4.79 Å². The summed E-state index contributed by atoms with van der Waals surface area (Å²) < 4.78 is 5.93. The van der Waals surface area contributed by atoms with Crippen molar-refractivity contribution < 1.29 is 14.6 Å². The molecule has 4 saturated carbocycles. The monoisotopic (exact) mass is 402 g/mol. The van der Waals surface area contributed by atoms with Gasteiger partial charge in [0.2, 0.25) is 0 Å². The SMILES string of the molecule is COc1cc(C(C)=Cc2ccc(C(=O)O)cc2)ccc1C12CC3CC(CC(C3)C1)C2. The minimum absolute atomic E-state index is 0.311. The Labute approximate surface area is 178 Å². The van der Waals surface area contributed by atoms with Gasteiger partial charge in [0.15, 0.2) is 0 Å². The Morgan fingerprint density at radius 1 is 0.967 bits per heavy atom. The van der Waals surface area contributed by atoms with E-state index >= 15 is 0 Å². The van der Waals surface area contributed by atoms with Crippen LogP contribution in [0.5, 0.6) is 5.75 Å². The van der Waals surface area contributed by atoms with Crippen LogP contribution in [0.4, 0.5) is 0 Å². The molecule has 0 saturated heterocycles. The summed E-state index contributed by atoms with van der Waals surface area (Å²) in [5.41, 5.74) is 5.36. The van der Waals surface area contributed by atoms with Crippen LogP contribution in [0.1, 0.15) is 72.5 Å². The number of hydrogen-bond donors (Lipinski definition) is 1. The number of carboxylic acids is 1. The molecule has 4 bridgehead atoms. The van der Waals surface area contributed by atoms with Crippen LogP contribution >= 0.6 is 0 Å². The molecule has 1 N–H and O–H groups in total. The van der Waals surface area contributed by atoms with Crippen molar-refractivity contribution in [2.75, 3.05) is 7.11 Å². The molecule has 4 fully saturated rings. The molecule has 0 aliphatic heterocycles. The topological polar surface area (TPSA) is 46.5 Å². The number of hydrogen-bond acceptors (Lipinski definition) is 2. The van der Waals surface area contributed by atoms with Gasteiger partial charge in [0, 0.05) is 5.56 Å². The van der Waals surface area contributed by atoms with Gasteiger partial charge < -0.3 is 9.84 Å². The fraction of sp³-hybridized carbons (Fsp3) is 0.444. The minimum Gasteiger partial charge on any atom is -0.496 e. The average molecular weight is 403 g/mol. The van der Waals surface area contributed by atoms with Crippen LogP contribution in [0.25, 0.3) is 11.6 Å². The van der Waals surface area contributed by atoms with Crippen molar-refractivity contribution in [1.29, 1.82) is 0 Å². The number of ether oxygens (including phenoxy) is 1. The van der Waals surface area contributed by atoms with Crippen molar-refractivity contribution in [3.05, 3.63) is 64.7 Å². The molecule has 2 aromatic carbocycles. The molecule has 2 aromatic rings. The lowest BCUT2D eigenvalue weighted by molar-refractivity contribution is -0.00615. The molecular formula is C27H30O3. The number of rotatable bonds is 5. The van der Waals surface area contributed by atoms with Gasteiger partial charge in [-0.1, -0.05) is 30.3 Å². The molecule has 0 amide bonds. The molecule has 4 aliphatic carbocycles. The summed E-state index contributed by atoms with van der Waals surface area (Å²) in [7, 11) is 1.80. The summed E-state index contributed by atoms with van der Waals surface area (Å²) >= 11 is 0. The van der Waals surface area contributed by atoms with Crippen LogP contribution in [-0.2, 0) is 5.41 Å². The first kappa shape index (κ1) is 19.4.